The van der Waals surface area contributed by atoms with Gasteiger partial charge in [-0.3, -0.25) is 0 Å². The third-order valence-corrected chi connectivity index (χ3v) is 5.35. The predicted molar refractivity (Wildman–Crippen MR) is 77.8 cm³/mol. The number of thioether (sulfide) groups is 1. The Labute approximate surface area is 115 Å². The SMILES string of the molecule is CC1SCCN(c2ccc(CBr)cc2F)C1C. The molecule has 1 fully saturated rings. The molecule has 1 aromatic carbocycles. The molecule has 1 saturated heterocycles. The third kappa shape index (κ3) is 2.79. The molecule has 0 amide bonds. The molecular formula is C13H17BrFNS. The lowest BCUT2D eigenvalue weighted by molar-refractivity contribution is 0.581. The van der Waals surface area contributed by atoms with Crippen LogP contribution < -0.4 is 4.90 Å². The van der Waals surface area contributed by atoms with Gasteiger partial charge in [-0.2, -0.15) is 11.8 Å². The van der Waals surface area contributed by atoms with Crippen molar-refractivity contribution in [2.45, 2.75) is 30.5 Å². The van der Waals surface area contributed by atoms with Gasteiger partial charge >= 0.3 is 0 Å². The van der Waals surface area contributed by atoms with E-state index in [4.69, 9.17) is 0 Å². The van der Waals surface area contributed by atoms with Crippen molar-refractivity contribution < 1.29 is 4.39 Å². The van der Waals surface area contributed by atoms with Crippen molar-refractivity contribution in [3.63, 3.8) is 0 Å². The maximum Gasteiger partial charge on any atom is 0.146 e. The summed E-state index contributed by atoms with van der Waals surface area (Å²) >= 11 is 5.32. The predicted octanol–water partition coefficient (Wildman–Crippen LogP) is 4.05. The summed E-state index contributed by atoms with van der Waals surface area (Å²) in [6.07, 6.45) is 0. The lowest BCUT2D eigenvalue weighted by Gasteiger charge is -2.39. The Balaban J connectivity index is 2.27. The molecule has 0 N–H and O–H groups in total. The zero-order chi connectivity index (χ0) is 12.4. The Bertz CT molecular complexity index is 399. The minimum Gasteiger partial charge on any atom is -0.365 e. The van der Waals surface area contributed by atoms with E-state index in [9.17, 15) is 4.39 Å². The van der Waals surface area contributed by atoms with E-state index in [1.165, 1.54) is 0 Å². The Kier molecular flexibility index (Phi) is 4.36. The number of rotatable bonds is 2. The number of hydrogen-bond acceptors (Lipinski definition) is 2. The number of halogens is 2. The van der Waals surface area contributed by atoms with Gasteiger partial charge in [0.05, 0.1) is 5.69 Å². The fraction of sp³-hybridized carbons (Fsp3) is 0.538. The van der Waals surface area contributed by atoms with Crippen molar-refractivity contribution in [1.29, 1.82) is 0 Å². The van der Waals surface area contributed by atoms with Crippen molar-refractivity contribution in [1.82, 2.24) is 0 Å². The molecule has 1 heterocycles. The van der Waals surface area contributed by atoms with Gasteiger partial charge in [-0.25, -0.2) is 4.39 Å². The number of nitrogens with zero attached hydrogens (tertiary/aromatic N) is 1. The summed E-state index contributed by atoms with van der Waals surface area (Å²) in [5, 5.41) is 1.26. The largest absolute Gasteiger partial charge is 0.365 e. The van der Waals surface area contributed by atoms with Crippen molar-refractivity contribution in [2.75, 3.05) is 17.2 Å². The van der Waals surface area contributed by atoms with Gasteiger partial charge in [0, 0.05) is 28.9 Å². The fourth-order valence-corrected chi connectivity index (χ4v) is 3.59. The first kappa shape index (κ1) is 13.2. The Morgan fingerprint density at radius 1 is 1.47 bits per heavy atom. The second-order valence-corrected chi connectivity index (χ2v) is 6.48. The smallest absolute Gasteiger partial charge is 0.146 e. The molecule has 0 saturated carbocycles. The van der Waals surface area contributed by atoms with Crippen LogP contribution in [0.15, 0.2) is 18.2 Å². The van der Waals surface area contributed by atoms with Crippen LogP contribution in [-0.2, 0) is 5.33 Å². The molecule has 1 nitrogen and oxygen atoms in total. The first-order valence-corrected chi connectivity index (χ1v) is 8.03. The van der Waals surface area contributed by atoms with E-state index in [-0.39, 0.29) is 5.82 Å². The van der Waals surface area contributed by atoms with E-state index in [1.807, 2.05) is 23.9 Å². The quantitative estimate of drug-likeness (QED) is 0.757. The minimum atomic E-state index is -0.104. The van der Waals surface area contributed by atoms with E-state index < -0.39 is 0 Å². The monoisotopic (exact) mass is 317 g/mol. The molecule has 0 aromatic heterocycles. The molecule has 0 radical (unpaired) electrons. The number of benzene rings is 1. The van der Waals surface area contributed by atoms with Gasteiger partial charge in [0.15, 0.2) is 0 Å². The van der Waals surface area contributed by atoms with Gasteiger partial charge in [0.1, 0.15) is 5.82 Å². The van der Waals surface area contributed by atoms with E-state index in [2.05, 4.69) is 34.7 Å². The number of hydrogen-bond donors (Lipinski definition) is 0. The normalized spacial score (nSPS) is 25.1. The lowest BCUT2D eigenvalue weighted by atomic mass is 10.1. The van der Waals surface area contributed by atoms with Gasteiger partial charge in [0.2, 0.25) is 0 Å². The van der Waals surface area contributed by atoms with Gasteiger partial charge in [0.25, 0.3) is 0 Å². The second-order valence-electron chi connectivity index (χ2n) is 4.43. The van der Waals surface area contributed by atoms with Crippen LogP contribution in [0.3, 0.4) is 0 Å². The van der Waals surface area contributed by atoms with E-state index in [0.29, 0.717) is 16.6 Å². The molecule has 0 bridgehead atoms. The zero-order valence-corrected chi connectivity index (χ0v) is 12.5. The highest BCUT2D eigenvalue weighted by Gasteiger charge is 2.26. The summed E-state index contributed by atoms with van der Waals surface area (Å²) < 4.78 is 14.1. The number of anilines is 1. The van der Waals surface area contributed by atoms with Crippen molar-refractivity contribution in [3.05, 3.63) is 29.6 Å². The standard InChI is InChI=1S/C13H17BrFNS/c1-9-10(2)17-6-5-16(9)13-4-3-11(8-14)7-12(13)15/h3-4,7,9-10H,5-6,8H2,1-2H3. The van der Waals surface area contributed by atoms with Crippen LogP contribution in [0.25, 0.3) is 0 Å². The van der Waals surface area contributed by atoms with Crippen molar-refractivity contribution >= 4 is 33.4 Å². The van der Waals surface area contributed by atoms with Crippen LogP contribution in [0.2, 0.25) is 0 Å². The van der Waals surface area contributed by atoms with E-state index in [0.717, 1.165) is 23.5 Å². The summed E-state index contributed by atoms with van der Waals surface area (Å²) in [5.41, 5.74) is 1.73. The zero-order valence-electron chi connectivity index (χ0n) is 10.1. The molecule has 1 aliphatic heterocycles. The van der Waals surface area contributed by atoms with Gasteiger partial charge in [-0.05, 0) is 24.6 Å². The van der Waals surface area contributed by atoms with E-state index in [1.54, 1.807) is 6.07 Å². The average Bonchev–Trinajstić information content (AvgIpc) is 2.33. The Morgan fingerprint density at radius 3 is 2.88 bits per heavy atom. The first-order chi connectivity index (χ1) is 8.13. The van der Waals surface area contributed by atoms with Gasteiger partial charge in [-0.15, -0.1) is 0 Å². The second kappa shape index (κ2) is 5.61. The lowest BCUT2D eigenvalue weighted by Crippen LogP contribution is -2.45. The maximum absolute atomic E-state index is 14.1. The van der Waals surface area contributed by atoms with Gasteiger partial charge in [-0.1, -0.05) is 28.9 Å². The minimum absolute atomic E-state index is 0.104. The molecule has 2 unspecified atom stereocenters. The Morgan fingerprint density at radius 2 is 2.24 bits per heavy atom. The molecule has 94 valence electrons. The van der Waals surface area contributed by atoms with Crippen LogP contribution in [0.5, 0.6) is 0 Å². The highest BCUT2D eigenvalue weighted by Crippen LogP contribution is 2.31. The summed E-state index contributed by atoms with van der Waals surface area (Å²) in [5.74, 6) is 0.971. The fourth-order valence-electron chi connectivity index (χ4n) is 2.14. The molecule has 17 heavy (non-hydrogen) atoms. The van der Waals surface area contributed by atoms with Crippen LogP contribution in [-0.4, -0.2) is 23.6 Å². The molecule has 1 aromatic rings. The summed E-state index contributed by atoms with van der Waals surface area (Å²) in [6, 6.07) is 5.92. The molecule has 2 atom stereocenters. The summed E-state index contributed by atoms with van der Waals surface area (Å²) in [7, 11) is 0. The van der Waals surface area contributed by atoms with Crippen LogP contribution in [0, 0.1) is 5.82 Å². The first-order valence-electron chi connectivity index (χ1n) is 5.86. The van der Waals surface area contributed by atoms with Crippen LogP contribution in [0.1, 0.15) is 19.4 Å². The van der Waals surface area contributed by atoms with Crippen LogP contribution in [0.4, 0.5) is 10.1 Å². The van der Waals surface area contributed by atoms with E-state index >= 15 is 0 Å². The molecular weight excluding hydrogens is 301 g/mol. The molecule has 4 heteroatoms. The third-order valence-electron chi connectivity index (χ3n) is 3.36. The molecule has 2 rings (SSSR count). The maximum atomic E-state index is 14.1. The topological polar surface area (TPSA) is 3.24 Å². The molecule has 1 aliphatic rings. The molecule has 0 aliphatic carbocycles. The molecule has 0 spiro atoms. The van der Waals surface area contributed by atoms with Crippen LogP contribution >= 0.6 is 27.7 Å². The average molecular weight is 318 g/mol. The van der Waals surface area contributed by atoms with Crippen molar-refractivity contribution in [2.24, 2.45) is 0 Å². The van der Waals surface area contributed by atoms with Gasteiger partial charge < -0.3 is 4.90 Å². The highest BCUT2D eigenvalue weighted by atomic mass is 79.9. The summed E-state index contributed by atoms with van der Waals surface area (Å²) in [4.78, 5) is 2.19. The highest BCUT2D eigenvalue weighted by molar-refractivity contribution is 9.08. The van der Waals surface area contributed by atoms with Crippen molar-refractivity contribution in [3.8, 4) is 0 Å². The number of alkyl halides is 1. The Hall–Kier alpha value is -0.220. The summed E-state index contributed by atoms with van der Waals surface area (Å²) in [6.45, 7) is 5.32.